The van der Waals surface area contributed by atoms with Gasteiger partial charge in [-0.3, -0.25) is 4.79 Å². The molecule has 4 rings (SSSR count). The SMILES string of the molecule is O=C(NCCCN1CCCCCC1)c1nn(-c2ccc(F)cc2)c2c1CCC2. The number of carbonyl (C=O) groups excluding carboxylic acids is 1. The Hall–Kier alpha value is -2.21. The summed E-state index contributed by atoms with van der Waals surface area (Å²) in [5, 5.41) is 7.64. The van der Waals surface area contributed by atoms with E-state index in [1.165, 1.54) is 50.9 Å². The van der Waals surface area contributed by atoms with Crippen molar-refractivity contribution >= 4 is 5.91 Å². The summed E-state index contributed by atoms with van der Waals surface area (Å²) in [5.74, 6) is -0.357. The molecule has 0 atom stereocenters. The maximum absolute atomic E-state index is 13.2. The molecule has 2 heterocycles. The van der Waals surface area contributed by atoms with Crippen molar-refractivity contribution in [3.63, 3.8) is 0 Å². The zero-order valence-corrected chi connectivity index (χ0v) is 16.4. The number of likely N-dealkylation sites (tertiary alicyclic amines) is 1. The zero-order chi connectivity index (χ0) is 19.3. The largest absolute Gasteiger partial charge is 0.351 e. The molecule has 0 radical (unpaired) electrons. The Balaban J connectivity index is 1.38. The van der Waals surface area contributed by atoms with Crippen LogP contribution in [0.3, 0.4) is 0 Å². The second-order valence-corrected chi connectivity index (χ2v) is 7.88. The Morgan fingerprint density at radius 1 is 1.04 bits per heavy atom. The lowest BCUT2D eigenvalue weighted by Gasteiger charge is -2.19. The molecule has 1 amide bonds. The monoisotopic (exact) mass is 384 g/mol. The molecule has 1 saturated heterocycles. The molecule has 5 nitrogen and oxygen atoms in total. The van der Waals surface area contributed by atoms with Gasteiger partial charge in [0.15, 0.2) is 5.69 Å². The van der Waals surface area contributed by atoms with E-state index < -0.39 is 0 Å². The first kappa shape index (κ1) is 19.1. The second kappa shape index (κ2) is 8.86. The first-order valence-electron chi connectivity index (χ1n) is 10.6. The number of fused-ring (bicyclic) bond motifs is 1. The van der Waals surface area contributed by atoms with E-state index in [-0.39, 0.29) is 11.7 Å². The maximum Gasteiger partial charge on any atom is 0.272 e. The van der Waals surface area contributed by atoms with Crippen molar-refractivity contribution in [1.82, 2.24) is 20.0 Å². The summed E-state index contributed by atoms with van der Waals surface area (Å²) < 4.78 is 15.1. The van der Waals surface area contributed by atoms with Crippen LogP contribution in [0.25, 0.3) is 5.69 Å². The Labute approximate surface area is 165 Å². The second-order valence-electron chi connectivity index (χ2n) is 7.88. The van der Waals surface area contributed by atoms with E-state index in [1.54, 1.807) is 12.1 Å². The van der Waals surface area contributed by atoms with Gasteiger partial charge >= 0.3 is 0 Å². The third-order valence-electron chi connectivity index (χ3n) is 5.85. The highest BCUT2D eigenvalue weighted by Crippen LogP contribution is 2.27. The third-order valence-corrected chi connectivity index (χ3v) is 5.85. The van der Waals surface area contributed by atoms with E-state index in [9.17, 15) is 9.18 Å². The first-order chi connectivity index (χ1) is 13.7. The lowest BCUT2D eigenvalue weighted by atomic mass is 10.2. The van der Waals surface area contributed by atoms with Crippen LogP contribution in [0.5, 0.6) is 0 Å². The van der Waals surface area contributed by atoms with Gasteiger partial charge in [0, 0.05) is 17.8 Å². The highest BCUT2D eigenvalue weighted by atomic mass is 19.1. The Morgan fingerprint density at radius 3 is 2.54 bits per heavy atom. The molecule has 6 heteroatoms. The van der Waals surface area contributed by atoms with Crippen LogP contribution in [0.2, 0.25) is 0 Å². The minimum absolute atomic E-state index is 0.0881. The molecule has 1 N–H and O–H groups in total. The van der Waals surface area contributed by atoms with Crippen molar-refractivity contribution in [2.45, 2.75) is 51.4 Å². The topological polar surface area (TPSA) is 50.2 Å². The van der Waals surface area contributed by atoms with E-state index in [4.69, 9.17) is 0 Å². The van der Waals surface area contributed by atoms with E-state index in [0.29, 0.717) is 12.2 Å². The molecule has 0 saturated carbocycles. The number of halogens is 1. The van der Waals surface area contributed by atoms with Gasteiger partial charge in [-0.15, -0.1) is 0 Å². The lowest BCUT2D eigenvalue weighted by molar-refractivity contribution is 0.0945. The number of nitrogens with zero attached hydrogens (tertiary/aromatic N) is 3. The van der Waals surface area contributed by atoms with Gasteiger partial charge in [-0.1, -0.05) is 12.8 Å². The lowest BCUT2D eigenvalue weighted by Crippen LogP contribution is -2.31. The molecule has 0 unspecified atom stereocenters. The van der Waals surface area contributed by atoms with Crippen LogP contribution in [0.1, 0.15) is 60.3 Å². The molecular formula is C22H29FN4O. The smallest absolute Gasteiger partial charge is 0.272 e. The average Bonchev–Trinajstić information content (AvgIpc) is 3.21. The fraction of sp³-hybridized carbons (Fsp3) is 0.545. The fourth-order valence-electron chi connectivity index (χ4n) is 4.36. The van der Waals surface area contributed by atoms with E-state index in [0.717, 1.165) is 49.2 Å². The molecule has 0 bridgehead atoms. The predicted molar refractivity (Wildman–Crippen MR) is 107 cm³/mol. The van der Waals surface area contributed by atoms with Gasteiger partial charge in [-0.2, -0.15) is 5.10 Å². The van der Waals surface area contributed by atoms with Gasteiger partial charge in [-0.25, -0.2) is 9.07 Å². The number of nitrogens with one attached hydrogen (secondary N) is 1. The molecule has 1 aromatic heterocycles. The number of carbonyl (C=O) groups is 1. The van der Waals surface area contributed by atoms with Crippen LogP contribution < -0.4 is 5.32 Å². The zero-order valence-electron chi connectivity index (χ0n) is 16.4. The molecule has 1 aliphatic heterocycles. The van der Waals surface area contributed by atoms with Crippen molar-refractivity contribution in [3.8, 4) is 5.69 Å². The van der Waals surface area contributed by atoms with Crippen molar-refractivity contribution in [3.05, 3.63) is 47.0 Å². The Kier molecular flexibility index (Phi) is 6.05. The molecular weight excluding hydrogens is 355 g/mol. The Morgan fingerprint density at radius 2 is 1.79 bits per heavy atom. The number of aromatic nitrogens is 2. The normalized spacial score (nSPS) is 17.3. The molecule has 0 spiro atoms. The van der Waals surface area contributed by atoms with Gasteiger partial charge in [-0.05, 0) is 82.4 Å². The number of hydrogen-bond donors (Lipinski definition) is 1. The molecule has 150 valence electrons. The van der Waals surface area contributed by atoms with Gasteiger partial charge in [0.25, 0.3) is 5.91 Å². The quantitative estimate of drug-likeness (QED) is 0.776. The average molecular weight is 384 g/mol. The van der Waals surface area contributed by atoms with Crippen LogP contribution in [-0.4, -0.2) is 46.8 Å². The molecule has 1 aromatic carbocycles. The minimum atomic E-state index is -0.269. The fourth-order valence-corrected chi connectivity index (χ4v) is 4.36. The molecule has 2 aliphatic rings. The Bertz CT molecular complexity index is 807. The number of hydrogen-bond acceptors (Lipinski definition) is 3. The summed E-state index contributed by atoms with van der Waals surface area (Å²) in [4.78, 5) is 15.3. The van der Waals surface area contributed by atoms with Crippen molar-refractivity contribution in [1.29, 1.82) is 0 Å². The van der Waals surface area contributed by atoms with Crippen LogP contribution in [0.4, 0.5) is 4.39 Å². The van der Waals surface area contributed by atoms with E-state index in [1.807, 2.05) is 4.68 Å². The summed E-state index contributed by atoms with van der Waals surface area (Å²) in [6.45, 7) is 4.09. The van der Waals surface area contributed by atoms with Crippen molar-refractivity contribution in [2.24, 2.45) is 0 Å². The molecule has 2 aromatic rings. The van der Waals surface area contributed by atoms with Crippen LogP contribution >= 0.6 is 0 Å². The first-order valence-corrected chi connectivity index (χ1v) is 10.6. The summed E-state index contributed by atoms with van der Waals surface area (Å²) in [7, 11) is 0. The third kappa shape index (κ3) is 4.27. The summed E-state index contributed by atoms with van der Waals surface area (Å²) >= 11 is 0. The summed E-state index contributed by atoms with van der Waals surface area (Å²) in [5.41, 5.74) is 3.47. The van der Waals surface area contributed by atoms with Gasteiger partial charge in [0.05, 0.1) is 5.69 Å². The van der Waals surface area contributed by atoms with Gasteiger partial charge in [0.2, 0.25) is 0 Å². The van der Waals surface area contributed by atoms with Crippen LogP contribution in [0, 0.1) is 5.82 Å². The van der Waals surface area contributed by atoms with Gasteiger partial charge in [0.1, 0.15) is 5.82 Å². The number of rotatable bonds is 6. The standard InChI is InChI=1S/C22H29FN4O/c23-17-9-11-18(12-10-17)27-20-8-5-7-19(20)21(25-27)22(28)24-13-6-16-26-14-3-1-2-4-15-26/h9-12H,1-8,13-16H2,(H,24,28). The van der Waals surface area contributed by atoms with E-state index in [2.05, 4.69) is 15.3 Å². The maximum atomic E-state index is 13.2. The van der Waals surface area contributed by atoms with E-state index >= 15 is 0 Å². The number of benzene rings is 1. The van der Waals surface area contributed by atoms with Gasteiger partial charge < -0.3 is 10.2 Å². The molecule has 1 aliphatic carbocycles. The van der Waals surface area contributed by atoms with Crippen molar-refractivity contribution < 1.29 is 9.18 Å². The predicted octanol–water partition coefficient (Wildman–Crippen LogP) is 3.50. The summed E-state index contributed by atoms with van der Waals surface area (Å²) in [6.07, 6.45) is 9.05. The highest BCUT2D eigenvalue weighted by molar-refractivity contribution is 5.94. The van der Waals surface area contributed by atoms with Crippen molar-refractivity contribution in [2.75, 3.05) is 26.2 Å². The minimum Gasteiger partial charge on any atom is -0.351 e. The van der Waals surface area contributed by atoms with Crippen LogP contribution in [-0.2, 0) is 12.8 Å². The molecule has 28 heavy (non-hydrogen) atoms. The molecule has 1 fully saturated rings. The highest BCUT2D eigenvalue weighted by Gasteiger charge is 2.26. The summed E-state index contributed by atoms with van der Waals surface area (Å²) in [6, 6.07) is 6.29. The van der Waals surface area contributed by atoms with Crippen LogP contribution in [0.15, 0.2) is 24.3 Å². The number of amides is 1.